The SMILES string of the molecule is O=C(NCCO)c1ccccc1-c1cnc2[nH]cc(-c3ccoc3)c2c1. The van der Waals surface area contributed by atoms with Gasteiger partial charge < -0.3 is 19.8 Å². The lowest BCUT2D eigenvalue weighted by Gasteiger charge is -2.10. The van der Waals surface area contributed by atoms with Crippen LogP contribution in [0.3, 0.4) is 0 Å². The molecule has 3 heterocycles. The maximum Gasteiger partial charge on any atom is 0.251 e. The summed E-state index contributed by atoms with van der Waals surface area (Å²) in [6.07, 6.45) is 6.96. The molecule has 3 aromatic heterocycles. The van der Waals surface area contributed by atoms with E-state index in [1.807, 2.05) is 36.5 Å². The van der Waals surface area contributed by atoms with Gasteiger partial charge in [0, 0.05) is 46.6 Å². The van der Waals surface area contributed by atoms with E-state index in [1.54, 1.807) is 24.8 Å². The van der Waals surface area contributed by atoms with Crippen LogP contribution in [0.2, 0.25) is 0 Å². The van der Waals surface area contributed by atoms with Crippen LogP contribution in [0, 0.1) is 0 Å². The second kappa shape index (κ2) is 6.85. The number of nitrogens with one attached hydrogen (secondary N) is 2. The van der Waals surface area contributed by atoms with E-state index in [4.69, 9.17) is 9.52 Å². The van der Waals surface area contributed by atoms with Gasteiger partial charge in [-0.2, -0.15) is 0 Å². The number of benzene rings is 1. The molecular formula is C20H17N3O3. The van der Waals surface area contributed by atoms with E-state index in [2.05, 4.69) is 15.3 Å². The fourth-order valence-electron chi connectivity index (χ4n) is 3.00. The average molecular weight is 347 g/mol. The number of H-pyrrole nitrogens is 1. The van der Waals surface area contributed by atoms with Crippen LogP contribution >= 0.6 is 0 Å². The van der Waals surface area contributed by atoms with Crippen LogP contribution in [-0.4, -0.2) is 34.1 Å². The Morgan fingerprint density at radius 3 is 2.88 bits per heavy atom. The van der Waals surface area contributed by atoms with Crippen molar-refractivity contribution in [1.82, 2.24) is 15.3 Å². The minimum Gasteiger partial charge on any atom is -0.472 e. The maximum absolute atomic E-state index is 12.4. The Kier molecular flexibility index (Phi) is 4.25. The molecule has 3 N–H and O–H groups in total. The molecule has 6 heteroatoms. The Bertz CT molecular complexity index is 1050. The van der Waals surface area contributed by atoms with Crippen LogP contribution in [0.4, 0.5) is 0 Å². The fourth-order valence-corrected chi connectivity index (χ4v) is 3.00. The van der Waals surface area contributed by atoms with E-state index in [0.29, 0.717) is 5.56 Å². The number of hydrogen-bond acceptors (Lipinski definition) is 4. The Morgan fingerprint density at radius 1 is 1.19 bits per heavy atom. The number of carbonyl (C=O) groups excluding carboxylic acids is 1. The maximum atomic E-state index is 12.4. The summed E-state index contributed by atoms with van der Waals surface area (Å²) >= 11 is 0. The van der Waals surface area contributed by atoms with Crippen molar-refractivity contribution in [2.24, 2.45) is 0 Å². The van der Waals surface area contributed by atoms with Gasteiger partial charge in [-0.1, -0.05) is 18.2 Å². The molecule has 0 aliphatic carbocycles. The van der Waals surface area contributed by atoms with Crippen molar-refractivity contribution in [3.63, 3.8) is 0 Å². The number of aromatic nitrogens is 2. The van der Waals surface area contributed by atoms with Crippen molar-refractivity contribution < 1.29 is 14.3 Å². The highest BCUT2D eigenvalue weighted by molar-refractivity contribution is 6.02. The van der Waals surface area contributed by atoms with Crippen LogP contribution in [0.5, 0.6) is 0 Å². The molecule has 0 fully saturated rings. The van der Waals surface area contributed by atoms with E-state index in [9.17, 15) is 4.79 Å². The molecule has 0 bridgehead atoms. The summed E-state index contributed by atoms with van der Waals surface area (Å²) in [6, 6.07) is 11.3. The number of rotatable bonds is 5. The van der Waals surface area contributed by atoms with Gasteiger partial charge in [0.25, 0.3) is 5.91 Å². The van der Waals surface area contributed by atoms with Gasteiger partial charge in [0.05, 0.1) is 19.1 Å². The van der Waals surface area contributed by atoms with Gasteiger partial charge in [0.2, 0.25) is 0 Å². The molecule has 1 amide bonds. The summed E-state index contributed by atoms with van der Waals surface area (Å²) in [7, 11) is 0. The van der Waals surface area contributed by atoms with Gasteiger partial charge in [0.15, 0.2) is 0 Å². The number of furan rings is 1. The third-order valence-electron chi connectivity index (χ3n) is 4.24. The smallest absolute Gasteiger partial charge is 0.251 e. The van der Waals surface area contributed by atoms with E-state index in [-0.39, 0.29) is 19.1 Å². The quantitative estimate of drug-likeness (QED) is 0.517. The zero-order valence-corrected chi connectivity index (χ0v) is 13.9. The summed E-state index contributed by atoms with van der Waals surface area (Å²) in [4.78, 5) is 20.1. The van der Waals surface area contributed by atoms with E-state index in [1.165, 1.54) is 0 Å². The highest BCUT2D eigenvalue weighted by atomic mass is 16.3. The van der Waals surface area contributed by atoms with Crippen molar-refractivity contribution in [2.45, 2.75) is 0 Å². The molecule has 0 spiro atoms. The van der Waals surface area contributed by atoms with Crippen molar-refractivity contribution in [1.29, 1.82) is 0 Å². The number of hydrogen-bond donors (Lipinski definition) is 3. The number of amides is 1. The predicted octanol–water partition coefficient (Wildman–Crippen LogP) is 3.21. The first-order valence-electron chi connectivity index (χ1n) is 8.26. The van der Waals surface area contributed by atoms with E-state index in [0.717, 1.165) is 33.3 Å². The lowest BCUT2D eigenvalue weighted by atomic mass is 9.99. The molecule has 1 aromatic carbocycles. The molecule has 4 rings (SSSR count). The first-order valence-corrected chi connectivity index (χ1v) is 8.26. The summed E-state index contributed by atoms with van der Waals surface area (Å²) in [5, 5.41) is 12.6. The molecule has 0 atom stereocenters. The molecule has 0 saturated heterocycles. The Labute approximate surface area is 149 Å². The lowest BCUT2D eigenvalue weighted by molar-refractivity contribution is 0.0945. The molecule has 6 nitrogen and oxygen atoms in total. The van der Waals surface area contributed by atoms with E-state index >= 15 is 0 Å². The number of nitrogens with zero attached hydrogens (tertiary/aromatic N) is 1. The van der Waals surface area contributed by atoms with Crippen molar-refractivity contribution in [2.75, 3.05) is 13.2 Å². The fraction of sp³-hybridized carbons (Fsp3) is 0.100. The number of aliphatic hydroxyl groups is 1. The third kappa shape index (κ3) is 2.87. The number of aromatic amines is 1. The topological polar surface area (TPSA) is 91.1 Å². The van der Waals surface area contributed by atoms with Gasteiger partial charge in [0.1, 0.15) is 5.65 Å². The number of pyridine rings is 1. The molecule has 130 valence electrons. The molecule has 0 radical (unpaired) electrons. The standard InChI is InChI=1S/C20H17N3O3/c24-7-6-21-20(25)16-4-2-1-3-15(16)14-9-17-18(13-5-8-26-12-13)11-23-19(17)22-10-14/h1-5,8-12,24H,6-7H2,(H,21,25)(H,22,23). The van der Waals surface area contributed by atoms with Crippen molar-refractivity contribution in [3.8, 4) is 22.3 Å². The highest BCUT2D eigenvalue weighted by Crippen LogP contribution is 2.32. The Balaban J connectivity index is 1.80. The van der Waals surface area contributed by atoms with Crippen LogP contribution in [0.1, 0.15) is 10.4 Å². The molecular weight excluding hydrogens is 330 g/mol. The second-order valence-corrected chi connectivity index (χ2v) is 5.86. The Hall–Kier alpha value is -3.38. The Morgan fingerprint density at radius 2 is 2.08 bits per heavy atom. The first-order chi connectivity index (χ1) is 12.8. The highest BCUT2D eigenvalue weighted by Gasteiger charge is 2.14. The summed E-state index contributed by atoms with van der Waals surface area (Å²) in [5.41, 5.74) is 4.90. The van der Waals surface area contributed by atoms with Crippen LogP contribution in [-0.2, 0) is 0 Å². The summed E-state index contributed by atoms with van der Waals surface area (Å²) in [5.74, 6) is -0.223. The second-order valence-electron chi connectivity index (χ2n) is 5.86. The lowest BCUT2D eigenvalue weighted by Crippen LogP contribution is -2.26. The van der Waals surface area contributed by atoms with Gasteiger partial charge in [-0.05, 0) is 23.8 Å². The minimum atomic E-state index is -0.223. The third-order valence-corrected chi connectivity index (χ3v) is 4.24. The average Bonchev–Trinajstić information content (AvgIpc) is 3.34. The largest absolute Gasteiger partial charge is 0.472 e. The van der Waals surface area contributed by atoms with Gasteiger partial charge in [-0.25, -0.2) is 4.98 Å². The summed E-state index contributed by atoms with van der Waals surface area (Å²) < 4.78 is 5.18. The van der Waals surface area contributed by atoms with E-state index < -0.39 is 0 Å². The van der Waals surface area contributed by atoms with Crippen LogP contribution in [0.15, 0.2) is 65.7 Å². The van der Waals surface area contributed by atoms with Crippen molar-refractivity contribution >= 4 is 16.9 Å². The number of aliphatic hydroxyl groups excluding tert-OH is 1. The van der Waals surface area contributed by atoms with Crippen molar-refractivity contribution in [3.05, 3.63) is 66.9 Å². The van der Waals surface area contributed by atoms with Gasteiger partial charge in [-0.15, -0.1) is 0 Å². The summed E-state index contributed by atoms with van der Waals surface area (Å²) in [6.45, 7) is 0.117. The molecule has 4 aromatic rings. The molecule has 0 saturated carbocycles. The zero-order chi connectivity index (χ0) is 17.9. The van der Waals surface area contributed by atoms with Crippen LogP contribution in [0.25, 0.3) is 33.3 Å². The molecule has 26 heavy (non-hydrogen) atoms. The zero-order valence-electron chi connectivity index (χ0n) is 13.9. The predicted molar refractivity (Wildman–Crippen MR) is 98.7 cm³/mol. The van der Waals surface area contributed by atoms with Gasteiger partial charge >= 0.3 is 0 Å². The monoisotopic (exact) mass is 347 g/mol. The molecule has 0 unspecified atom stereocenters. The minimum absolute atomic E-state index is 0.0984. The van der Waals surface area contributed by atoms with Gasteiger partial charge in [-0.3, -0.25) is 4.79 Å². The number of fused-ring (bicyclic) bond motifs is 1. The molecule has 0 aliphatic heterocycles. The molecule has 0 aliphatic rings. The normalized spacial score (nSPS) is 11.0. The number of carbonyl (C=O) groups is 1. The van der Waals surface area contributed by atoms with Crippen LogP contribution < -0.4 is 5.32 Å². The first kappa shape index (κ1) is 16.1.